The molecule has 0 fully saturated rings. The Balaban J connectivity index is 2.84. The first-order chi connectivity index (χ1) is 5.51. The van der Waals surface area contributed by atoms with Crippen LogP contribution in [0.2, 0.25) is 0 Å². The van der Waals surface area contributed by atoms with Gasteiger partial charge in [-0.05, 0) is 6.07 Å². The molecule has 0 aliphatic carbocycles. The fourth-order valence-electron chi connectivity index (χ4n) is 0.752. The zero-order chi connectivity index (χ0) is 9.19. The fraction of sp³-hybridized carbons (Fsp3) is 0.333. The first-order valence-corrected chi connectivity index (χ1v) is 5.24. The van der Waals surface area contributed by atoms with E-state index in [0.29, 0.717) is 6.29 Å². The van der Waals surface area contributed by atoms with E-state index >= 15 is 0 Å². The summed E-state index contributed by atoms with van der Waals surface area (Å²) in [5, 5.41) is 3.68. The lowest BCUT2D eigenvalue weighted by Crippen LogP contribution is -2.09. The van der Waals surface area contributed by atoms with E-state index in [1.165, 1.54) is 16.9 Å². The number of hydrogen-bond acceptors (Lipinski definition) is 4. The SMILES string of the molecule is CS(=O)(=O)Cn1ccc(C=O)n1. The Morgan fingerprint density at radius 1 is 1.67 bits per heavy atom. The van der Waals surface area contributed by atoms with Gasteiger partial charge in [-0.1, -0.05) is 0 Å². The van der Waals surface area contributed by atoms with Crippen molar-refractivity contribution in [1.29, 1.82) is 0 Å². The number of carbonyl (C=O) groups excluding carboxylic acids is 1. The maximum atomic E-state index is 10.7. The molecule has 0 saturated carbocycles. The maximum absolute atomic E-state index is 10.7. The molecule has 0 aliphatic heterocycles. The maximum Gasteiger partial charge on any atom is 0.170 e. The van der Waals surface area contributed by atoms with E-state index in [-0.39, 0.29) is 11.6 Å². The highest BCUT2D eigenvalue weighted by atomic mass is 32.2. The van der Waals surface area contributed by atoms with Crippen molar-refractivity contribution in [2.24, 2.45) is 0 Å². The van der Waals surface area contributed by atoms with Crippen LogP contribution in [0.1, 0.15) is 10.5 Å². The Kier molecular flexibility index (Phi) is 2.27. The minimum atomic E-state index is -3.09. The molecule has 0 spiro atoms. The van der Waals surface area contributed by atoms with Gasteiger partial charge in [0, 0.05) is 12.5 Å². The average Bonchev–Trinajstić information content (AvgIpc) is 2.32. The highest BCUT2D eigenvalue weighted by Crippen LogP contribution is 1.94. The zero-order valence-electron chi connectivity index (χ0n) is 6.47. The molecule has 0 atom stereocenters. The van der Waals surface area contributed by atoms with Crippen molar-refractivity contribution < 1.29 is 13.2 Å². The molecule has 1 aromatic heterocycles. The van der Waals surface area contributed by atoms with Crippen LogP contribution >= 0.6 is 0 Å². The third-order valence-corrected chi connectivity index (χ3v) is 1.88. The van der Waals surface area contributed by atoms with Crippen molar-refractivity contribution in [3.8, 4) is 0 Å². The summed E-state index contributed by atoms with van der Waals surface area (Å²) >= 11 is 0. The van der Waals surface area contributed by atoms with E-state index in [2.05, 4.69) is 5.10 Å². The molecule has 5 nitrogen and oxygen atoms in total. The lowest BCUT2D eigenvalue weighted by atomic mass is 10.5. The van der Waals surface area contributed by atoms with Crippen molar-refractivity contribution in [2.75, 3.05) is 6.26 Å². The molecule has 0 aliphatic rings. The molecule has 12 heavy (non-hydrogen) atoms. The predicted octanol–water partition coefficient (Wildman–Crippen LogP) is -0.302. The molecule has 0 aromatic carbocycles. The second-order valence-corrected chi connectivity index (χ2v) is 4.56. The van der Waals surface area contributed by atoms with Gasteiger partial charge in [0.15, 0.2) is 16.1 Å². The van der Waals surface area contributed by atoms with Gasteiger partial charge in [0.25, 0.3) is 0 Å². The number of sulfone groups is 1. The van der Waals surface area contributed by atoms with Gasteiger partial charge in [-0.15, -0.1) is 0 Å². The highest BCUT2D eigenvalue weighted by Gasteiger charge is 2.04. The molecular weight excluding hydrogens is 180 g/mol. The summed E-state index contributed by atoms with van der Waals surface area (Å²) in [5.74, 6) is -0.194. The minimum absolute atomic E-state index is 0.194. The van der Waals surface area contributed by atoms with Crippen molar-refractivity contribution >= 4 is 16.1 Å². The quantitative estimate of drug-likeness (QED) is 0.610. The molecular formula is C6H8N2O3S. The third-order valence-electron chi connectivity index (χ3n) is 1.15. The number of aromatic nitrogens is 2. The van der Waals surface area contributed by atoms with Gasteiger partial charge in [-0.25, -0.2) is 8.42 Å². The summed E-state index contributed by atoms with van der Waals surface area (Å²) in [5.41, 5.74) is 0.235. The second-order valence-electron chi connectivity index (χ2n) is 2.45. The number of rotatable bonds is 3. The fourth-order valence-corrected chi connectivity index (χ4v) is 1.38. The first kappa shape index (κ1) is 8.92. The Labute approximate surface area is 69.9 Å². The van der Waals surface area contributed by atoms with Crippen LogP contribution in [-0.2, 0) is 15.7 Å². The molecule has 0 amide bonds. The van der Waals surface area contributed by atoms with Crippen LogP contribution in [-0.4, -0.2) is 30.7 Å². The van der Waals surface area contributed by atoms with E-state index in [9.17, 15) is 13.2 Å². The summed E-state index contributed by atoms with van der Waals surface area (Å²) in [6.45, 7) is 0. The van der Waals surface area contributed by atoms with E-state index in [1.807, 2.05) is 0 Å². The van der Waals surface area contributed by atoms with E-state index in [0.717, 1.165) is 6.26 Å². The molecule has 66 valence electrons. The summed E-state index contributed by atoms with van der Waals surface area (Å²) in [4.78, 5) is 10.2. The van der Waals surface area contributed by atoms with E-state index in [1.54, 1.807) is 0 Å². The molecule has 0 saturated heterocycles. The van der Waals surface area contributed by atoms with Gasteiger partial charge >= 0.3 is 0 Å². The van der Waals surface area contributed by atoms with Crippen LogP contribution in [0.5, 0.6) is 0 Å². The smallest absolute Gasteiger partial charge is 0.170 e. The zero-order valence-corrected chi connectivity index (χ0v) is 7.28. The van der Waals surface area contributed by atoms with Crippen LogP contribution in [0, 0.1) is 0 Å². The summed E-state index contributed by atoms with van der Waals surface area (Å²) in [7, 11) is -3.09. The number of aldehydes is 1. The van der Waals surface area contributed by atoms with Gasteiger partial charge in [0.2, 0.25) is 0 Å². The first-order valence-electron chi connectivity index (χ1n) is 3.17. The standard InChI is InChI=1S/C6H8N2O3S/c1-12(10,11)5-8-3-2-6(4-9)7-8/h2-4H,5H2,1H3. The Hall–Kier alpha value is -1.17. The summed E-state index contributed by atoms with van der Waals surface area (Å²) in [6.07, 6.45) is 3.12. The summed E-state index contributed by atoms with van der Waals surface area (Å²) < 4.78 is 22.7. The topological polar surface area (TPSA) is 69.0 Å². The van der Waals surface area contributed by atoms with Crippen molar-refractivity contribution in [2.45, 2.75) is 5.88 Å². The van der Waals surface area contributed by atoms with Gasteiger partial charge in [-0.2, -0.15) is 5.10 Å². The highest BCUT2D eigenvalue weighted by molar-refractivity contribution is 7.89. The second kappa shape index (κ2) is 3.06. The molecule has 0 N–H and O–H groups in total. The van der Waals surface area contributed by atoms with Crippen LogP contribution in [0.15, 0.2) is 12.3 Å². The monoisotopic (exact) mass is 188 g/mol. The Morgan fingerprint density at radius 2 is 2.33 bits per heavy atom. The Bertz CT molecular complexity index is 379. The molecule has 1 rings (SSSR count). The van der Waals surface area contributed by atoms with Gasteiger partial charge in [0.05, 0.1) is 0 Å². The minimum Gasteiger partial charge on any atom is -0.296 e. The van der Waals surface area contributed by atoms with Crippen molar-refractivity contribution in [1.82, 2.24) is 9.78 Å². The van der Waals surface area contributed by atoms with Crippen LogP contribution in [0.4, 0.5) is 0 Å². The number of carbonyl (C=O) groups is 1. The van der Waals surface area contributed by atoms with Crippen LogP contribution in [0.3, 0.4) is 0 Å². The van der Waals surface area contributed by atoms with Crippen LogP contribution in [0.25, 0.3) is 0 Å². The van der Waals surface area contributed by atoms with Gasteiger partial charge < -0.3 is 0 Å². The van der Waals surface area contributed by atoms with Crippen molar-refractivity contribution in [3.63, 3.8) is 0 Å². The molecule has 6 heteroatoms. The van der Waals surface area contributed by atoms with Crippen molar-refractivity contribution in [3.05, 3.63) is 18.0 Å². The molecule has 0 unspecified atom stereocenters. The average molecular weight is 188 g/mol. The molecule has 1 aromatic rings. The lowest BCUT2D eigenvalue weighted by Gasteiger charge is -1.96. The molecule has 0 radical (unpaired) electrons. The normalized spacial score (nSPS) is 11.4. The third kappa shape index (κ3) is 2.46. The molecule has 0 bridgehead atoms. The van der Waals surface area contributed by atoms with Gasteiger partial charge in [-0.3, -0.25) is 9.48 Å². The lowest BCUT2D eigenvalue weighted by molar-refractivity contribution is 0.111. The predicted molar refractivity (Wildman–Crippen MR) is 42.5 cm³/mol. The largest absolute Gasteiger partial charge is 0.296 e. The Morgan fingerprint density at radius 3 is 2.75 bits per heavy atom. The van der Waals surface area contributed by atoms with Crippen LogP contribution < -0.4 is 0 Å². The van der Waals surface area contributed by atoms with E-state index < -0.39 is 9.84 Å². The van der Waals surface area contributed by atoms with E-state index in [4.69, 9.17) is 0 Å². The summed E-state index contributed by atoms with van der Waals surface area (Å²) in [6, 6.07) is 1.46. The number of nitrogens with zero attached hydrogens (tertiary/aromatic N) is 2. The van der Waals surface area contributed by atoms with Gasteiger partial charge in [0.1, 0.15) is 11.6 Å². The molecule has 1 heterocycles. The number of hydrogen-bond donors (Lipinski definition) is 0.